The molecule has 0 spiro atoms. The van der Waals surface area contributed by atoms with Gasteiger partial charge in [-0.25, -0.2) is 13.6 Å². The molecule has 6 heteroatoms. The number of aromatic nitrogens is 1. The molecule has 0 fully saturated rings. The Kier molecular flexibility index (Phi) is 4.35. The summed E-state index contributed by atoms with van der Waals surface area (Å²) in [6.07, 6.45) is -2.65. The fourth-order valence-corrected chi connectivity index (χ4v) is 1.76. The molecule has 0 saturated carbocycles. The van der Waals surface area contributed by atoms with E-state index in [1.165, 1.54) is 13.2 Å². The maximum Gasteiger partial charge on any atom is 0.340 e. The Balaban J connectivity index is 3.34. The molecule has 16 heavy (non-hydrogen) atoms. The molecule has 1 rings (SSSR count). The molecule has 3 nitrogen and oxygen atoms in total. The van der Waals surface area contributed by atoms with Crippen LogP contribution in [0.1, 0.15) is 33.7 Å². The maximum atomic E-state index is 12.5. The fraction of sp³-hybridized carbons (Fsp3) is 0.400. The van der Waals surface area contributed by atoms with Gasteiger partial charge in [-0.1, -0.05) is 15.9 Å². The quantitative estimate of drug-likeness (QED) is 0.635. The van der Waals surface area contributed by atoms with Crippen LogP contribution in [-0.4, -0.2) is 18.1 Å². The second-order valence-corrected chi connectivity index (χ2v) is 3.67. The highest BCUT2D eigenvalue weighted by atomic mass is 79.9. The summed E-state index contributed by atoms with van der Waals surface area (Å²) in [4.78, 5) is 15.1. The summed E-state index contributed by atoms with van der Waals surface area (Å²) in [5, 5.41) is 0.221. The Labute approximate surface area is 99.9 Å². The molecule has 0 atom stereocenters. The third-order valence-electron chi connectivity index (χ3n) is 2.05. The van der Waals surface area contributed by atoms with E-state index in [0.717, 1.165) is 0 Å². The van der Waals surface area contributed by atoms with Gasteiger partial charge in [0.2, 0.25) is 0 Å². The van der Waals surface area contributed by atoms with Gasteiger partial charge >= 0.3 is 5.97 Å². The van der Waals surface area contributed by atoms with Crippen LogP contribution in [0.3, 0.4) is 0 Å². The highest BCUT2D eigenvalue weighted by Gasteiger charge is 2.19. The summed E-state index contributed by atoms with van der Waals surface area (Å²) in [6.45, 7) is 1.58. The number of ether oxygens (including phenoxy) is 1. The van der Waals surface area contributed by atoms with Crippen molar-refractivity contribution in [3.63, 3.8) is 0 Å². The van der Waals surface area contributed by atoms with E-state index in [1.54, 1.807) is 6.92 Å². The minimum absolute atomic E-state index is 0.221. The third-order valence-corrected chi connectivity index (χ3v) is 2.58. The minimum atomic E-state index is -2.65. The van der Waals surface area contributed by atoms with Crippen LogP contribution in [0.2, 0.25) is 0 Å². The van der Waals surface area contributed by atoms with Gasteiger partial charge in [-0.15, -0.1) is 0 Å². The molecule has 0 amide bonds. The number of pyridine rings is 1. The lowest BCUT2D eigenvalue weighted by molar-refractivity contribution is 0.0597. The number of hydrogen-bond acceptors (Lipinski definition) is 3. The lowest BCUT2D eigenvalue weighted by Crippen LogP contribution is -2.11. The van der Waals surface area contributed by atoms with Gasteiger partial charge in [0.05, 0.1) is 18.4 Å². The molecule has 0 aliphatic heterocycles. The van der Waals surface area contributed by atoms with Crippen molar-refractivity contribution in [2.45, 2.75) is 18.7 Å². The largest absolute Gasteiger partial charge is 0.465 e. The summed E-state index contributed by atoms with van der Waals surface area (Å²) in [5.74, 6) is -0.569. The fourth-order valence-electron chi connectivity index (χ4n) is 1.35. The van der Waals surface area contributed by atoms with E-state index in [2.05, 4.69) is 25.7 Å². The van der Waals surface area contributed by atoms with E-state index in [0.29, 0.717) is 5.56 Å². The number of esters is 1. The summed E-state index contributed by atoms with van der Waals surface area (Å²) < 4.78 is 29.5. The Morgan fingerprint density at radius 3 is 2.69 bits per heavy atom. The van der Waals surface area contributed by atoms with Gasteiger partial charge in [-0.3, -0.25) is 4.98 Å². The van der Waals surface area contributed by atoms with Gasteiger partial charge in [0.25, 0.3) is 6.43 Å². The first-order valence-corrected chi connectivity index (χ1v) is 5.56. The van der Waals surface area contributed by atoms with Gasteiger partial charge in [-0.05, 0) is 18.6 Å². The second kappa shape index (κ2) is 5.34. The Morgan fingerprint density at radius 2 is 2.25 bits per heavy atom. The van der Waals surface area contributed by atoms with Crippen LogP contribution >= 0.6 is 15.9 Å². The first kappa shape index (κ1) is 13.0. The Bertz CT molecular complexity index is 410. The van der Waals surface area contributed by atoms with Crippen molar-refractivity contribution in [1.29, 1.82) is 0 Å². The van der Waals surface area contributed by atoms with Crippen LogP contribution in [0, 0.1) is 6.92 Å². The molecule has 0 aromatic carbocycles. The van der Waals surface area contributed by atoms with E-state index >= 15 is 0 Å². The normalized spacial score (nSPS) is 10.6. The summed E-state index contributed by atoms with van der Waals surface area (Å²) in [7, 11) is 1.24. The predicted octanol–water partition coefficient (Wildman–Crippen LogP) is 3.01. The summed E-state index contributed by atoms with van der Waals surface area (Å²) >= 11 is 3.11. The highest BCUT2D eigenvalue weighted by Crippen LogP contribution is 2.23. The number of carbonyl (C=O) groups excluding carboxylic acids is 1. The van der Waals surface area contributed by atoms with E-state index in [-0.39, 0.29) is 22.3 Å². The molecular weight excluding hydrogens is 284 g/mol. The van der Waals surface area contributed by atoms with E-state index in [4.69, 9.17) is 0 Å². The van der Waals surface area contributed by atoms with Crippen molar-refractivity contribution in [1.82, 2.24) is 4.98 Å². The molecule has 0 aliphatic rings. The van der Waals surface area contributed by atoms with E-state index in [9.17, 15) is 13.6 Å². The van der Waals surface area contributed by atoms with Gasteiger partial charge in [-0.2, -0.15) is 0 Å². The lowest BCUT2D eigenvalue weighted by Gasteiger charge is -2.10. The van der Waals surface area contributed by atoms with E-state index in [1.807, 2.05) is 0 Å². The topological polar surface area (TPSA) is 39.2 Å². The maximum absolute atomic E-state index is 12.5. The Hall–Kier alpha value is -1.04. The van der Waals surface area contributed by atoms with Crippen LogP contribution in [0.25, 0.3) is 0 Å². The molecule has 0 saturated heterocycles. The second-order valence-electron chi connectivity index (χ2n) is 3.11. The van der Waals surface area contributed by atoms with Crippen molar-refractivity contribution in [2.75, 3.05) is 7.11 Å². The van der Waals surface area contributed by atoms with Crippen LogP contribution in [0.4, 0.5) is 8.78 Å². The average molecular weight is 294 g/mol. The SMILES string of the molecule is COC(=O)c1c(C)cc(C(F)F)nc1CBr. The number of rotatable bonds is 3. The number of halogens is 3. The standard InChI is InChI=1S/C10H10BrF2NO2/c1-5-3-6(9(12)13)14-7(4-11)8(5)10(15)16-2/h3,9H,4H2,1-2H3. The first-order valence-electron chi connectivity index (χ1n) is 4.44. The van der Waals surface area contributed by atoms with Crippen molar-refractivity contribution in [2.24, 2.45) is 0 Å². The van der Waals surface area contributed by atoms with Gasteiger partial charge in [0, 0.05) is 5.33 Å². The summed E-state index contributed by atoms with van der Waals surface area (Å²) in [5.41, 5.74) is 0.608. The zero-order valence-corrected chi connectivity index (χ0v) is 10.3. The molecule has 0 radical (unpaired) electrons. The molecule has 1 aromatic rings. The molecule has 0 N–H and O–H groups in total. The van der Waals surface area contributed by atoms with Crippen molar-refractivity contribution < 1.29 is 18.3 Å². The van der Waals surface area contributed by atoms with Crippen LogP contribution in [0.5, 0.6) is 0 Å². The minimum Gasteiger partial charge on any atom is -0.465 e. The van der Waals surface area contributed by atoms with Gasteiger partial charge in [0.15, 0.2) is 0 Å². The Morgan fingerprint density at radius 1 is 1.62 bits per heavy atom. The lowest BCUT2D eigenvalue weighted by atomic mass is 10.1. The van der Waals surface area contributed by atoms with Crippen LogP contribution in [0.15, 0.2) is 6.07 Å². The van der Waals surface area contributed by atoms with E-state index < -0.39 is 12.4 Å². The summed E-state index contributed by atoms with van der Waals surface area (Å²) in [6, 6.07) is 1.20. The molecule has 0 aliphatic carbocycles. The van der Waals surface area contributed by atoms with Gasteiger partial charge < -0.3 is 4.74 Å². The first-order chi connectivity index (χ1) is 7.51. The molecule has 88 valence electrons. The number of carbonyl (C=O) groups is 1. The predicted molar refractivity (Wildman–Crippen MR) is 57.9 cm³/mol. The zero-order valence-electron chi connectivity index (χ0n) is 8.76. The highest BCUT2D eigenvalue weighted by molar-refractivity contribution is 9.08. The third kappa shape index (κ3) is 2.55. The monoisotopic (exact) mass is 293 g/mol. The zero-order chi connectivity index (χ0) is 12.3. The van der Waals surface area contributed by atoms with Crippen molar-refractivity contribution >= 4 is 21.9 Å². The molecule has 1 aromatic heterocycles. The van der Waals surface area contributed by atoms with Crippen LogP contribution in [-0.2, 0) is 10.1 Å². The number of hydrogen-bond donors (Lipinski definition) is 0. The number of alkyl halides is 3. The van der Waals surface area contributed by atoms with Crippen molar-refractivity contribution in [3.8, 4) is 0 Å². The number of nitrogens with zero attached hydrogens (tertiary/aromatic N) is 1. The molecule has 0 unspecified atom stereocenters. The smallest absolute Gasteiger partial charge is 0.340 e. The average Bonchev–Trinajstić information content (AvgIpc) is 2.26. The molecular formula is C10H10BrF2NO2. The number of aryl methyl sites for hydroxylation is 1. The van der Waals surface area contributed by atoms with Crippen molar-refractivity contribution in [3.05, 3.63) is 28.6 Å². The molecule has 0 bridgehead atoms. The van der Waals surface area contributed by atoms with Crippen LogP contribution < -0.4 is 0 Å². The molecule has 1 heterocycles. The van der Waals surface area contributed by atoms with Gasteiger partial charge in [0.1, 0.15) is 5.69 Å². The number of methoxy groups -OCH3 is 1.